The topological polar surface area (TPSA) is 64.6 Å². The lowest BCUT2D eigenvalue weighted by Gasteiger charge is -2.20. The fourth-order valence-electron chi connectivity index (χ4n) is 1.29. The molecular weight excluding hydrogens is 234 g/mol. The maximum absolute atomic E-state index is 11.0. The van der Waals surface area contributed by atoms with Gasteiger partial charge in [0, 0.05) is 30.7 Å². The third-order valence-corrected chi connectivity index (χ3v) is 2.04. The van der Waals surface area contributed by atoms with Gasteiger partial charge < -0.3 is 14.8 Å². The summed E-state index contributed by atoms with van der Waals surface area (Å²) in [4.78, 5) is 21.8. The fraction of sp³-hybridized carbons (Fsp3) is 0.538. The van der Waals surface area contributed by atoms with Crippen LogP contribution in [-0.2, 0) is 19.1 Å². The van der Waals surface area contributed by atoms with Crippen molar-refractivity contribution in [3.63, 3.8) is 0 Å². The Morgan fingerprint density at radius 3 is 2.22 bits per heavy atom. The number of hydrogen-bond donors (Lipinski definition) is 1. The summed E-state index contributed by atoms with van der Waals surface area (Å²) in [7, 11) is 0. The molecule has 0 heterocycles. The molecule has 5 nitrogen and oxygen atoms in total. The number of nitrogens with one attached hydrogen (secondary N) is 1. The zero-order valence-corrected chi connectivity index (χ0v) is 11.0. The number of carbonyl (C=O) groups excluding carboxylic acids is 2. The number of hydrogen-bond acceptors (Lipinski definition) is 5. The third-order valence-electron chi connectivity index (χ3n) is 2.04. The summed E-state index contributed by atoms with van der Waals surface area (Å²) in [5, 5.41) is 3.22. The Balaban J connectivity index is 4.05. The van der Waals surface area contributed by atoms with Crippen LogP contribution in [0.15, 0.2) is 25.3 Å². The molecule has 0 saturated carbocycles. The van der Waals surface area contributed by atoms with Crippen LogP contribution in [0.5, 0.6) is 0 Å². The lowest BCUT2D eigenvalue weighted by molar-refractivity contribution is -0.141. The molecule has 1 N–H and O–H groups in total. The molecule has 0 rings (SSSR count). The molecule has 0 aromatic heterocycles. The van der Waals surface area contributed by atoms with Crippen LogP contribution in [-0.4, -0.2) is 37.2 Å². The van der Waals surface area contributed by atoms with Gasteiger partial charge in [-0.05, 0) is 0 Å². The van der Waals surface area contributed by atoms with Crippen molar-refractivity contribution in [2.75, 3.05) is 13.2 Å². The van der Waals surface area contributed by atoms with Crippen molar-refractivity contribution in [2.45, 2.75) is 32.4 Å². The first-order valence-electron chi connectivity index (χ1n) is 5.84. The van der Waals surface area contributed by atoms with Crippen molar-refractivity contribution in [3.05, 3.63) is 25.3 Å². The molecule has 0 aromatic rings. The van der Waals surface area contributed by atoms with Crippen molar-refractivity contribution < 1.29 is 19.1 Å². The van der Waals surface area contributed by atoms with Crippen LogP contribution < -0.4 is 5.32 Å². The molecule has 0 fully saturated rings. The van der Waals surface area contributed by atoms with Gasteiger partial charge in [-0.25, -0.2) is 9.59 Å². The van der Waals surface area contributed by atoms with Crippen LogP contribution in [0.4, 0.5) is 0 Å². The van der Waals surface area contributed by atoms with E-state index in [2.05, 4.69) is 18.5 Å². The number of carbonyl (C=O) groups is 2. The Morgan fingerprint density at radius 1 is 1.17 bits per heavy atom. The lowest BCUT2D eigenvalue weighted by atomic mass is 10.2. The van der Waals surface area contributed by atoms with Gasteiger partial charge in [0.15, 0.2) is 0 Å². The van der Waals surface area contributed by atoms with Gasteiger partial charge in [-0.2, -0.15) is 0 Å². The average Bonchev–Trinajstić information content (AvgIpc) is 2.34. The highest BCUT2D eigenvalue weighted by molar-refractivity contribution is 5.81. The summed E-state index contributed by atoms with van der Waals surface area (Å²) < 4.78 is 9.84. The first kappa shape index (κ1) is 16.4. The Bertz CT molecular complexity index is 299. The first-order chi connectivity index (χ1) is 8.49. The van der Waals surface area contributed by atoms with Crippen LogP contribution in [0.3, 0.4) is 0 Å². The van der Waals surface area contributed by atoms with Gasteiger partial charge in [0.05, 0.1) is 6.61 Å². The number of ether oxygens (including phenoxy) is 2. The molecule has 0 radical (unpaired) electrons. The van der Waals surface area contributed by atoms with E-state index >= 15 is 0 Å². The van der Waals surface area contributed by atoms with E-state index in [0.29, 0.717) is 6.42 Å². The zero-order chi connectivity index (χ0) is 14.0. The van der Waals surface area contributed by atoms with Gasteiger partial charge in [-0.3, -0.25) is 0 Å². The third kappa shape index (κ3) is 8.52. The SMILES string of the molecule is C=CC(=O)OCCC(COC(=O)C=C)NC(C)C. The van der Waals surface area contributed by atoms with Gasteiger partial charge >= 0.3 is 11.9 Å². The molecule has 1 atom stereocenters. The molecule has 5 heteroatoms. The maximum Gasteiger partial charge on any atom is 0.330 e. The average molecular weight is 255 g/mol. The van der Waals surface area contributed by atoms with E-state index in [1.165, 1.54) is 0 Å². The molecule has 0 saturated heterocycles. The largest absolute Gasteiger partial charge is 0.462 e. The number of rotatable bonds is 9. The highest BCUT2D eigenvalue weighted by atomic mass is 16.5. The Kier molecular flexibility index (Phi) is 8.57. The molecular formula is C13H21NO4. The minimum atomic E-state index is -0.464. The van der Waals surface area contributed by atoms with Crippen LogP contribution in [0, 0.1) is 0 Å². The Hall–Kier alpha value is -1.62. The van der Waals surface area contributed by atoms with Crippen LogP contribution >= 0.6 is 0 Å². The van der Waals surface area contributed by atoms with E-state index in [4.69, 9.17) is 9.47 Å². The molecule has 0 aromatic carbocycles. The van der Waals surface area contributed by atoms with Crippen LogP contribution in [0.2, 0.25) is 0 Å². The smallest absolute Gasteiger partial charge is 0.330 e. The maximum atomic E-state index is 11.0. The second-order valence-corrected chi connectivity index (χ2v) is 4.01. The summed E-state index contributed by atoms with van der Waals surface area (Å²) in [6.07, 6.45) is 2.79. The van der Waals surface area contributed by atoms with Crippen LogP contribution in [0.25, 0.3) is 0 Å². The molecule has 0 spiro atoms. The normalized spacial score (nSPS) is 11.7. The van der Waals surface area contributed by atoms with Gasteiger partial charge in [0.1, 0.15) is 6.61 Å². The fourth-order valence-corrected chi connectivity index (χ4v) is 1.29. The quantitative estimate of drug-likeness (QED) is 0.495. The first-order valence-corrected chi connectivity index (χ1v) is 5.84. The molecule has 0 aliphatic heterocycles. The van der Waals surface area contributed by atoms with E-state index in [-0.39, 0.29) is 25.3 Å². The molecule has 0 aliphatic carbocycles. The number of esters is 2. The molecule has 102 valence electrons. The summed E-state index contributed by atoms with van der Waals surface area (Å²) >= 11 is 0. The van der Waals surface area contributed by atoms with Gasteiger partial charge in [-0.1, -0.05) is 27.0 Å². The summed E-state index contributed by atoms with van der Waals surface area (Å²) in [6, 6.07) is 0.180. The van der Waals surface area contributed by atoms with E-state index in [0.717, 1.165) is 12.2 Å². The molecule has 1 unspecified atom stereocenters. The summed E-state index contributed by atoms with van der Waals surface area (Å²) in [5.41, 5.74) is 0. The standard InChI is InChI=1S/C13H21NO4/c1-5-12(15)17-8-7-11(14-10(3)4)9-18-13(16)6-2/h5-6,10-11,14H,1-2,7-9H2,3-4H3. The van der Waals surface area contributed by atoms with Crippen molar-refractivity contribution in [1.82, 2.24) is 5.32 Å². The van der Waals surface area contributed by atoms with Crippen molar-refractivity contribution in [2.24, 2.45) is 0 Å². The molecule has 0 bridgehead atoms. The monoisotopic (exact) mass is 255 g/mol. The van der Waals surface area contributed by atoms with E-state index < -0.39 is 11.9 Å². The Morgan fingerprint density at radius 2 is 1.72 bits per heavy atom. The molecule has 0 amide bonds. The summed E-state index contributed by atoms with van der Waals surface area (Å²) in [6.45, 7) is 11.1. The zero-order valence-electron chi connectivity index (χ0n) is 11.0. The minimum Gasteiger partial charge on any atom is -0.462 e. The Labute approximate surface area is 108 Å². The van der Waals surface area contributed by atoms with Crippen molar-refractivity contribution in [1.29, 1.82) is 0 Å². The van der Waals surface area contributed by atoms with Crippen molar-refractivity contribution >= 4 is 11.9 Å². The van der Waals surface area contributed by atoms with Gasteiger partial charge in [0.25, 0.3) is 0 Å². The highest BCUT2D eigenvalue weighted by Gasteiger charge is 2.12. The van der Waals surface area contributed by atoms with E-state index in [9.17, 15) is 9.59 Å². The second kappa shape index (κ2) is 9.41. The minimum absolute atomic E-state index is 0.0634. The second-order valence-electron chi connectivity index (χ2n) is 4.01. The van der Waals surface area contributed by atoms with E-state index in [1.54, 1.807) is 0 Å². The predicted molar refractivity (Wildman–Crippen MR) is 69.0 cm³/mol. The lowest BCUT2D eigenvalue weighted by Crippen LogP contribution is -2.39. The molecule has 0 aliphatic rings. The predicted octanol–water partition coefficient (Wildman–Crippen LogP) is 1.20. The highest BCUT2D eigenvalue weighted by Crippen LogP contribution is 1.98. The molecule has 18 heavy (non-hydrogen) atoms. The van der Waals surface area contributed by atoms with Gasteiger partial charge in [0.2, 0.25) is 0 Å². The van der Waals surface area contributed by atoms with Crippen LogP contribution in [0.1, 0.15) is 20.3 Å². The van der Waals surface area contributed by atoms with Crippen molar-refractivity contribution in [3.8, 4) is 0 Å². The van der Waals surface area contributed by atoms with E-state index in [1.807, 2.05) is 13.8 Å². The van der Waals surface area contributed by atoms with Gasteiger partial charge in [-0.15, -0.1) is 0 Å². The summed E-state index contributed by atoms with van der Waals surface area (Å²) in [5.74, 6) is -0.921.